The predicted octanol–water partition coefficient (Wildman–Crippen LogP) is 5.45. The molecule has 0 heterocycles. The molecule has 10 nitrogen and oxygen atoms in total. The fourth-order valence-corrected chi connectivity index (χ4v) is 3.74. The van der Waals surface area contributed by atoms with Crippen LogP contribution >= 0.6 is 0 Å². The van der Waals surface area contributed by atoms with Crippen molar-refractivity contribution in [1.29, 1.82) is 0 Å². The molecule has 220 valence electrons. The minimum atomic E-state index is -1.36. The van der Waals surface area contributed by atoms with E-state index in [2.05, 4.69) is 0 Å². The minimum absolute atomic E-state index is 0.00571. The topological polar surface area (TPSA) is 151 Å². The Bertz CT molecular complexity index is 945. The Morgan fingerprint density at radius 3 is 1.95 bits per heavy atom. The summed E-state index contributed by atoms with van der Waals surface area (Å²) in [5.74, 6) is -2.97. The van der Waals surface area contributed by atoms with Gasteiger partial charge in [-0.3, -0.25) is 14.4 Å². The van der Waals surface area contributed by atoms with Crippen molar-refractivity contribution < 1.29 is 43.2 Å². The van der Waals surface area contributed by atoms with Crippen LogP contribution in [0.5, 0.6) is 11.5 Å². The number of aliphatic carboxylic acids is 1. The quantitative estimate of drug-likeness (QED) is 0.145. The van der Waals surface area contributed by atoms with Gasteiger partial charge in [0.05, 0.1) is 13.2 Å². The van der Waals surface area contributed by atoms with Crippen LogP contribution in [0, 0.1) is 17.8 Å². The first-order valence-corrected chi connectivity index (χ1v) is 13.7. The van der Waals surface area contributed by atoms with Gasteiger partial charge in [0.15, 0.2) is 11.5 Å². The second-order valence-electron chi connectivity index (χ2n) is 10.6. The summed E-state index contributed by atoms with van der Waals surface area (Å²) in [4.78, 5) is 48.8. The number of carboxylic acids is 1. The van der Waals surface area contributed by atoms with Crippen molar-refractivity contribution >= 4 is 24.1 Å². The Morgan fingerprint density at radius 1 is 0.872 bits per heavy atom. The van der Waals surface area contributed by atoms with Gasteiger partial charge >= 0.3 is 24.1 Å². The van der Waals surface area contributed by atoms with E-state index in [-0.39, 0.29) is 43.5 Å². The lowest BCUT2D eigenvalue weighted by atomic mass is 9.82. The molecule has 0 aromatic heterocycles. The highest BCUT2D eigenvalue weighted by Gasteiger charge is 2.33. The summed E-state index contributed by atoms with van der Waals surface area (Å²) < 4.78 is 21.3. The predicted molar refractivity (Wildman–Crippen MR) is 146 cm³/mol. The second-order valence-corrected chi connectivity index (χ2v) is 10.6. The number of ether oxygens (including phenoxy) is 4. The molecule has 0 aliphatic carbocycles. The smallest absolute Gasteiger partial charge is 0.480 e. The number of hydrogen-bond acceptors (Lipinski definition) is 9. The summed E-state index contributed by atoms with van der Waals surface area (Å²) in [6.45, 7) is 11.7. The van der Waals surface area contributed by atoms with Crippen molar-refractivity contribution in [2.24, 2.45) is 23.5 Å². The number of carbonyl (C=O) groups excluding carboxylic acids is 3. The zero-order valence-electron chi connectivity index (χ0n) is 24.1. The molecule has 0 radical (unpaired) electrons. The average molecular weight is 552 g/mol. The van der Waals surface area contributed by atoms with E-state index in [0.717, 1.165) is 6.42 Å². The maximum absolute atomic E-state index is 12.6. The van der Waals surface area contributed by atoms with Gasteiger partial charge in [-0.05, 0) is 54.7 Å². The number of esters is 2. The highest BCUT2D eigenvalue weighted by molar-refractivity contribution is 5.77. The van der Waals surface area contributed by atoms with E-state index < -0.39 is 41.9 Å². The van der Waals surface area contributed by atoms with Crippen LogP contribution < -0.4 is 15.2 Å². The van der Waals surface area contributed by atoms with E-state index in [9.17, 15) is 24.3 Å². The molecule has 0 fully saturated rings. The van der Waals surface area contributed by atoms with Crippen LogP contribution in [0.3, 0.4) is 0 Å². The number of benzene rings is 1. The third-order valence-electron chi connectivity index (χ3n) is 6.12. The third-order valence-corrected chi connectivity index (χ3v) is 6.12. The maximum atomic E-state index is 12.6. The summed E-state index contributed by atoms with van der Waals surface area (Å²) in [7, 11) is 0. The molecule has 1 aromatic rings. The van der Waals surface area contributed by atoms with Crippen molar-refractivity contribution in [1.82, 2.24) is 0 Å². The molecular weight excluding hydrogens is 506 g/mol. The summed E-state index contributed by atoms with van der Waals surface area (Å²) in [6, 6.07) is 3.13. The van der Waals surface area contributed by atoms with Crippen LogP contribution in [0.2, 0.25) is 0 Å². The van der Waals surface area contributed by atoms with Gasteiger partial charge in [0.2, 0.25) is 0 Å². The van der Waals surface area contributed by atoms with Crippen LogP contribution in [0.4, 0.5) is 4.79 Å². The number of rotatable bonds is 17. The molecule has 2 unspecified atom stereocenters. The van der Waals surface area contributed by atoms with Gasteiger partial charge in [0.1, 0.15) is 6.04 Å². The number of carboxylic acid groups (broad SMARTS) is 1. The van der Waals surface area contributed by atoms with Gasteiger partial charge in [-0.25, -0.2) is 4.79 Å². The van der Waals surface area contributed by atoms with E-state index in [1.54, 1.807) is 13.0 Å². The van der Waals surface area contributed by atoms with E-state index >= 15 is 0 Å². The zero-order valence-corrected chi connectivity index (χ0v) is 24.1. The molecular formula is C29H45NO9. The summed E-state index contributed by atoms with van der Waals surface area (Å²) in [5.41, 5.74) is 6.48. The number of nitrogens with two attached hydrogens (primary N) is 1. The molecule has 3 N–H and O–H groups in total. The van der Waals surface area contributed by atoms with Gasteiger partial charge in [0, 0.05) is 18.8 Å². The zero-order chi connectivity index (χ0) is 29.5. The number of carbonyl (C=O) groups is 4. The highest BCUT2D eigenvalue weighted by Crippen LogP contribution is 2.36. The molecule has 3 atom stereocenters. The van der Waals surface area contributed by atoms with Crippen molar-refractivity contribution in [3.05, 3.63) is 23.8 Å². The molecule has 0 aliphatic heterocycles. The Morgan fingerprint density at radius 2 is 1.44 bits per heavy atom. The lowest BCUT2D eigenvalue weighted by Crippen LogP contribution is -2.40. The monoisotopic (exact) mass is 551 g/mol. The van der Waals surface area contributed by atoms with E-state index in [1.807, 2.05) is 34.6 Å². The minimum Gasteiger partial charge on any atom is -0.480 e. The van der Waals surface area contributed by atoms with Crippen molar-refractivity contribution in [3.8, 4) is 11.5 Å². The summed E-state index contributed by atoms with van der Waals surface area (Å²) >= 11 is 0. The summed E-state index contributed by atoms with van der Waals surface area (Å²) in [5, 5.41) is 9.69. The van der Waals surface area contributed by atoms with E-state index in [4.69, 9.17) is 24.7 Å². The van der Waals surface area contributed by atoms with Crippen molar-refractivity contribution in [2.75, 3.05) is 13.2 Å². The van der Waals surface area contributed by atoms with Gasteiger partial charge in [-0.1, -0.05) is 54.0 Å². The second kappa shape index (κ2) is 17.4. The van der Waals surface area contributed by atoms with Crippen LogP contribution in [-0.4, -0.2) is 48.4 Å². The molecule has 0 aliphatic rings. The van der Waals surface area contributed by atoms with Crippen LogP contribution in [-0.2, 0) is 23.9 Å². The SMILES string of the molecule is CCCCOC(=O)OCC(C)C(c1ccc(OC(=O)CCC(C)C)c(OC(=O)CCC(C)C)c1)[C@H](N)C(=O)O. The first-order valence-electron chi connectivity index (χ1n) is 13.7. The van der Waals surface area contributed by atoms with Gasteiger partial charge in [-0.15, -0.1) is 0 Å². The fraction of sp³-hybridized carbons (Fsp3) is 0.655. The highest BCUT2D eigenvalue weighted by atomic mass is 16.7. The largest absolute Gasteiger partial charge is 0.508 e. The van der Waals surface area contributed by atoms with E-state index in [1.165, 1.54) is 12.1 Å². The Balaban J connectivity index is 3.26. The molecule has 1 rings (SSSR count). The molecule has 1 aromatic carbocycles. The lowest BCUT2D eigenvalue weighted by Gasteiger charge is -2.28. The van der Waals surface area contributed by atoms with Crippen molar-refractivity contribution in [3.63, 3.8) is 0 Å². The van der Waals surface area contributed by atoms with Gasteiger partial charge in [-0.2, -0.15) is 0 Å². The van der Waals surface area contributed by atoms with Crippen LogP contribution in [0.1, 0.15) is 91.5 Å². The fourth-order valence-electron chi connectivity index (χ4n) is 3.74. The Hall–Kier alpha value is -3.14. The first kappa shape index (κ1) is 33.9. The third kappa shape index (κ3) is 13.0. The van der Waals surface area contributed by atoms with Gasteiger partial charge in [0.25, 0.3) is 0 Å². The molecule has 0 saturated carbocycles. The van der Waals surface area contributed by atoms with Crippen LogP contribution in [0.15, 0.2) is 18.2 Å². The van der Waals surface area contributed by atoms with Gasteiger partial charge < -0.3 is 29.8 Å². The molecule has 0 bridgehead atoms. The maximum Gasteiger partial charge on any atom is 0.508 e. The normalized spacial score (nSPS) is 13.5. The first-order chi connectivity index (χ1) is 18.3. The Labute approximate surface area is 231 Å². The molecule has 0 saturated heterocycles. The molecule has 10 heteroatoms. The lowest BCUT2D eigenvalue weighted by molar-refractivity contribution is -0.139. The number of unbranched alkanes of at least 4 members (excludes halogenated alkanes) is 1. The van der Waals surface area contributed by atoms with E-state index in [0.29, 0.717) is 30.7 Å². The standard InChI is InChI=1S/C29H45NO9/c1-7-8-15-36-29(35)37-17-20(6)26(27(30)28(33)34)21-11-12-22(38-24(31)13-9-18(2)3)23(16-21)39-25(32)14-10-19(4)5/h11-12,16,18-20,26-27H,7-10,13-15,17,30H2,1-6H3,(H,33,34)/t20?,26?,27-/m0/s1. The molecule has 39 heavy (non-hydrogen) atoms. The number of hydrogen-bond donors (Lipinski definition) is 2. The molecule has 0 amide bonds. The van der Waals surface area contributed by atoms with Crippen LogP contribution in [0.25, 0.3) is 0 Å². The molecule has 0 spiro atoms. The van der Waals surface area contributed by atoms with Crippen molar-refractivity contribution in [2.45, 2.75) is 92.0 Å². The Kier molecular flexibility index (Phi) is 15.2. The average Bonchev–Trinajstić information content (AvgIpc) is 2.86. The summed E-state index contributed by atoms with van der Waals surface area (Å²) in [6.07, 6.45) is 2.30.